The number of aromatic nitrogens is 2. The third-order valence-electron chi connectivity index (χ3n) is 3.11. The predicted octanol–water partition coefficient (Wildman–Crippen LogP) is 4.29. The fourth-order valence-electron chi connectivity index (χ4n) is 2.04. The molecule has 114 valence electrons. The molecular formula is C16H14Cl2N2O2. The first-order chi connectivity index (χ1) is 10.3. The van der Waals surface area contributed by atoms with Crippen LogP contribution >= 0.6 is 24.0 Å². The summed E-state index contributed by atoms with van der Waals surface area (Å²) >= 11 is 6.06. The van der Waals surface area contributed by atoms with Crippen LogP contribution in [-0.4, -0.2) is 17.1 Å². The molecule has 0 bridgehead atoms. The monoisotopic (exact) mass is 336 g/mol. The van der Waals surface area contributed by atoms with Gasteiger partial charge in [-0.15, -0.1) is 12.4 Å². The van der Waals surface area contributed by atoms with Gasteiger partial charge in [-0.1, -0.05) is 41.9 Å². The van der Waals surface area contributed by atoms with Crippen molar-refractivity contribution in [1.82, 2.24) is 9.97 Å². The van der Waals surface area contributed by atoms with Gasteiger partial charge < -0.3 is 9.47 Å². The molecule has 0 fully saturated rings. The van der Waals surface area contributed by atoms with Crippen LogP contribution in [0, 0.1) is 0 Å². The van der Waals surface area contributed by atoms with Gasteiger partial charge in [-0.2, -0.15) is 0 Å². The van der Waals surface area contributed by atoms with Crippen molar-refractivity contribution in [2.75, 3.05) is 7.11 Å². The Morgan fingerprint density at radius 3 is 2.55 bits per heavy atom. The van der Waals surface area contributed by atoms with E-state index in [0.29, 0.717) is 23.3 Å². The van der Waals surface area contributed by atoms with Crippen LogP contribution in [0.3, 0.4) is 0 Å². The Bertz CT molecular complexity index is 767. The quantitative estimate of drug-likeness (QED) is 0.666. The van der Waals surface area contributed by atoms with Crippen molar-refractivity contribution in [3.05, 3.63) is 59.5 Å². The molecule has 3 rings (SSSR count). The number of methoxy groups -OCH3 is 1. The van der Waals surface area contributed by atoms with E-state index in [2.05, 4.69) is 9.97 Å². The summed E-state index contributed by atoms with van der Waals surface area (Å²) in [4.78, 5) is 8.17. The van der Waals surface area contributed by atoms with Gasteiger partial charge in [-0.3, -0.25) is 0 Å². The second kappa shape index (κ2) is 7.29. The molecule has 22 heavy (non-hydrogen) atoms. The zero-order valence-electron chi connectivity index (χ0n) is 11.8. The Labute approximate surface area is 139 Å². The Hall–Kier alpha value is -2.04. The molecule has 1 aromatic heterocycles. The van der Waals surface area contributed by atoms with Crippen molar-refractivity contribution in [3.8, 4) is 11.5 Å². The van der Waals surface area contributed by atoms with Crippen LogP contribution < -0.4 is 9.47 Å². The second-order valence-corrected chi connectivity index (χ2v) is 4.82. The largest absolute Gasteiger partial charge is 0.493 e. The lowest BCUT2D eigenvalue weighted by atomic mass is 10.2. The first-order valence-electron chi connectivity index (χ1n) is 6.43. The van der Waals surface area contributed by atoms with Gasteiger partial charge in [0.15, 0.2) is 11.5 Å². The first kappa shape index (κ1) is 16.3. The number of rotatable bonds is 4. The summed E-state index contributed by atoms with van der Waals surface area (Å²) in [5.41, 5.74) is 1.80. The van der Waals surface area contributed by atoms with Gasteiger partial charge >= 0.3 is 0 Å². The molecule has 0 aliphatic rings. The molecule has 0 aliphatic heterocycles. The average molecular weight is 337 g/mol. The van der Waals surface area contributed by atoms with Gasteiger partial charge in [0.25, 0.3) is 0 Å². The Balaban J connectivity index is 0.00000176. The molecule has 0 aliphatic carbocycles. The molecule has 0 radical (unpaired) electrons. The summed E-state index contributed by atoms with van der Waals surface area (Å²) in [7, 11) is 1.59. The Morgan fingerprint density at radius 1 is 1.05 bits per heavy atom. The van der Waals surface area contributed by atoms with Gasteiger partial charge in [0.2, 0.25) is 0 Å². The van der Waals surface area contributed by atoms with Crippen molar-refractivity contribution in [2.45, 2.75) is 6.61 Å². The standard InChI is InChI=1S/C16H13ClN2O2.ClH/c1-20-14-7-12-13(18-10-19-16(12)17)8-15(14)21-9-11-5-3-2-4-6-11;/h2-8,10H,9H2,1H3;1H. The summed E-state index contributed by atoms with van der Waals surface area (Å²) in [6.07, 6.45) is 1.43. The molecule has 0 saturated heterocycles. The summed E-state index contributed by atoms with van der Waals surface area (Å²) in [6.45, 7) is 0.460. The molecular weight excluding hydrogens is 323 g/mol. The maximum atomic E-state index is 6.06. The SMILES string of the molecule is COc1cc2c(Cl)ncnc2cc1OCc1ccccc1.Cl. The highest BCUT2D eigenvalue weighted by atomic mass is 35.5. The van der Waals surface area contributed by atoms with Crippen LogP contribution in [0.5, 0.6) is 11.5 Å². The van der Waals surface area contributed by atoms with Crippen LogP contribution in [-0.2, 0) is 6.61 Å². The Morgan fingerprint density at radius 2 is 1.82 bits per heavy atom. The highest BCUT2D eigenvalue weighted by Crippen LogP contribution is 2.34. The van der Waals surface area contributed by atoms with E-state index in [9.17, 15) is 0 Å². The first-order valence-corrected chi connectivity index (χ1v) is 6.80. The minimum atomic E-state index is 0. The predicted molar refractivity (Wildman–Crippen MR) is 89.1 cm³/mol. The molecule has 3 aromatic rings. The van der Waals surface area contributed by atoms with Crippen LogP contribution in [0.1, 0.15) is 5.56 Å². The van der Waals surface area contributed by atoms with Crippen molar-refractivity contribution in [3.63, 3.8) is 0 Å². The van der Waals surface area contributed by atoms with E-state index in [1.807, 2.05) is 36.4 Å². The summed E-state index contributed by atoms with van der Waals surface area (Å²) in [5.74, 6) is 1.23. The van der Waals surface area contributed by atoms with Crippen LogP contribution in [0.2, 0.25) is 5.15 Å². The van der Waals surface area contributed by atoms with Gasteiger partial charge in [0, 0.05) is 11.5 Å². The van der Waals surface area contributed by atoms with E-state index in [1.54, 1.807) is 13.2 Å². The normalized spacial score (nSPS) is 10.1. The van der Waals surface area contributed by atoms with E-state index in [-0.39, 0.29) is 12.4 Å². The lowest BCUT2D eigenvalue weighted by Crippen LogP contribution is -1.98. The number of hydrogen-bond donors (Lipinski definition) is 0. The molecule has 0 N–H and O–H groups in total. The van der Waals surface area contributed by atoms with E-state index in [0.717, 1.165) is 16.5 Å². The van der Waals surface area contributed by atoms with E-state index in [1.165, 1.54) is 6.33 Å². The molecule has 6 heteroatoms. The van der Waals surface area contributed by atoms with Crippen molar-refractivity contribution >= 4 is 34.9 Å². The highest BCUT2D eigenvalue weighted by Gasteiger charge is 2.10. The summed E-state index contributed by atoms with van der Waals surface area (Å²) < 4.78 is 11.2. The fraction of sp³-hybridized carbons (Fsp3) is 0.125. The van der Waals surface area contributed by atoms with E-state index in [4.69, 9.17) is 21.1 Å². The zero-order valence-corrected chi connectivity index (χ0v) is 13.4. The lowest BCUT2D eigenvalue weighted by Gasteiger charge is -2.12. The van der Waals surface area contributed by atoms with Crippen molar-refractivity contribution in [1.29, 1.82) is 0 Å². The number of fused-ring (bicyclic) bond motifs is 1. The van der Waals surface area contributed by atoms with E-state index >= 15 is 0 Å². The highest BCUT2D eigenvalue weighted by molar-refractivity contribution is 6.34. The molecule has 1 heterocycles. The molecule has 0 saturated carbocycles. The third-order valence-corrected chi connectivity index (χ3v) is 3.41. The number of halogens is 2. The molecule has 0 amide bonds. The van der Waals surface area contributed by atoms with Crippen LogP contribution in [0.25, 0.3) is 10.9 Å². The maximum Gasteiger partial charge on any atom is 0.163 e. The average Bonchev–Trinajstić information content (AvgIpc) is 2.53. The number of ether oxygens (including phenoxy) is 2. The smallest absolute Gasteiger partial charge is 0.163 e. The second-order valence-electron chi connectivity index (χ2n) is 4.46. The van der Waals surface area contributed by atoms with Crippen molar-refractivity contribution in [2.24, 2.45) is 0 Å². The summed E-state index contributed by atoms with van der Waals surface area (Å²) in [6, 6.07) is 13.5. The number of benzene rings is 2. The van der Waals surface area contributed by atoms with E-state index < -0.39 is 0 Å². The maximum absolute atomic E-state index is 6.06. The lowest BCUT2D eigenvalue weighted by molar-refractivity contribution is 0.285. The van der Waals surface area contributed by atoms with Crippen LogP contribution in [0.15, 0.2) is 48.8 Å². The minimum Gasteiger partial charge on any atom is -0.493 e. The Kier molecular flexibility index (Phi) is 5.41. The minimum absolute atomic E-state index is 0. The third kappa shape index (κ3) is 3.40. The van der Waals surface area contributed by atoms with Gasteiger partial charge in [-0.25, -0.2) is 9.97 Å². The van der Waals surface area contributed by atoms with Gasteiger partial charge in [0.05, 0.1) is 12.6 Å². The van der Waals surface area contributed by atoms with Crippen molar-refractivity contribution < 1.29 is 9.47 Å². The van der Waals surface area contributed by atoms with Gasteiger partial charge in [0.1, 0.15) is 18.1 Å². The molecule has 0 atom stereocenters. The summed E-state index contributed by atoms with van der Waals surface area (Å²) in [5, 5.41) is 1.14. The zero-order chi connectivity index (χ0) is 14.7. The molecule has 0 spiro atoms. The fourth-order valence-corrected chi connectivity index (χ4v) is 2.24. The van der Waals surface area contributed by atoms with Gasteiger partial charge in [-0.05, 0) is 11.6 Å². The number of nitrogens with zero attached hydrogens (tertiary/aromatic N) is 2. The van der Waals surface area contributed by atoms with Crippen LogP contribution in [0.4, 0.5) is 0 Å². The number of hydrogen-bond acceptors (Lipinski definition) is 4. The topological polar surface area (TPSA) is 44.2 Å². The molecule has 4 nitrogen and oxygen atoms in total. The molecule has 0 unspecified atom stereocenters. The molecule has 2 aromatic carbocycles.